The molecule has 0 aromatic heterocycles. The Morgan fingerprint density at radius 3 is 2.71 bits per heavy atom. The van der Waals surface area contributed by atoms with Gasteiger partial charge in [0.15, 0.2) is 0 Å². The number of aliphatic hydroxyl groups excluding tert-OH is 1. The molecule has 2 rings (SSSR count). The molecule has 1 saturated heterocycles. The monoisotopic (exact) mass is 255 g/mol. The maximum Gasteiger partial charge on any atom is 0.337 e. The van der Waals surface area contributed by atoms with Gasteiger partial charge in [0, 0.05) is 5.02 Å². The van der Waals surface area contributed by atoms with Crippen molar-refractivity contribution in [2.45, 2.75) is 12.5 Å². The van der Waals surface area contributed by atoms with Crippen molar-refractivity contribution < 1.29 is 19.8 Å². The zero-order valence-corrected chi connectivity index (χ0v) is 9.52. The van der Waals surface area contributed by atoms with Crippen molar-refractivity contribution in [1.82, 2.24) is 0 Å². The largest absolute Gasteiger partial charge is 0.478 e. The van der Waals surface area contributed by atoms with Gasteiger partial charge in [0.1, 0.15) is 0 Å². The van der Waals surface area contributed by atoms with Crippen LogP contribution in [0.3, 0.4) is 0 Å². The lowest BCUT2D eigenvalue weighted by atomic mass is 10.1. The lowest BCUT2D eigenvalue weighted by Gasteiger charge is -2.18. The molecule has 1 atom stereocenters. The molecule has 1 amide bonds. The van der Waals surface area contributed by atoms with E-state index in [-0.39, 0.29) is 30.1 Å². The Balaban J connectivity index is 2.45. The van der Waals surface area contributed by atoms with E-state index in [4.69, 9.17) is 16.7 Å². The molecule has 1 fully saturated rings. The number of aromatic carboxylic acids is 1. The summed E-state index contributed by atoms with van der Waals surface area (Å²) in [6.07, 6.45) is -0.735. The van der Waals surface area contributed by atoms with Crippen molar-refractivity contribution in [3.63, 3.8) is 0 Å². The molecular formula is C11H10ClNO4. The summed E-state index contributed by atoms with van der Waals surface area (Å²) in [6, 6.07) is 4.28. The van der Waals surface area contributed by atoms with Gasteiger partial charge in [0.25, 0.3) is 0 Å². The van der Waals surface area contributed by atoms with Gasteiger partial charge in [-0.25, -0.2) is 4.79 Å². The van der Waals surface area contributed by atoms with E-state index < -0.39 is 12.1 Å². The Bertz CT molecular complexity index is 488. The fourth-order valence-corrected chi connectivity index (χ4v) is 2.01. The van der Waals surface area contributed by atoms with E-state index in [1.54, 1.807) is 0 Å². The fraction of sp³-hybridized carbons (Fsp3) is 0.273. The van der Waals surface area contributed by atoms with Gasteiger partial charge in [0.05, 0.1) is 30.3 Å². The van der Waals surface area contributed by atoms with Crippen molar-refractivity contribution >= 4 is 29.2 Å². The second-order valence-electron chi connectivity index (χ2n) is 3.83. The third-order valence-electron chi connectivity index (χ3n) is 2.58. The lowest BCUT2D eigenvalue weighted by Crippen LogP contribution is -2.27. The summed E-state index contributed by atoms with van der Waals surface area (Å²) in [6.45, 7) is 0.112. The SMILES string of the molecule is O=C(O)c1cc(Cl)ccc1N1CC(O)CC1=O. The Morgan fingerprint density at radius 2 is 2.18 bits per heavy atom. The number of carboxylic acid groups (broad SMARTS) is 1. The molecule has 17 heavy (non-hydrogen) atoms. The number of carboxylic acids is 1. The van der Waals surface area contributed by atoms with Crippen molar-refractivity contribution in [2.24, 2.45) is 0 Å². The number of nitrogens with zero attached hydrogens (tertiary/aromatic N) is 1. The molecule has 0 aliphatic carbocycles. The molecule has 1 aromatic rings. The van der Waals surface area contributed by atoms with Gasteiger partial charge in [-0.15, -0.1) is 0 Å². The number of anilines is 1. The normalized spacial score (nSPS) is 19.8. The number of hydrogen-bond donors (Lipinski definition) is 2. The van der Waals surface area contributed by atoms with Crippen LogP contribution in [-0.2, 0) is 4.79 Å². The lowest BCUT2D eigenvalue weighted by molar-refractivity contribution is -0.117. The molecule has 1 heterocycles. The summed E-state index contributed by atoms with van der Waals surface area (Å²) in [5.74, 6) is -1.45. The molecule has 1 aliphatic heterocycles. The van der Waals surface area contributed by atoms with Gasteiger partial charge >= 0.3 is 5.97 Å². The third-order valence-corrected chi connectivity index (χ3v) is 2.82. The molecule has 0 radical (unpaired) electrons. The Morgan fingerprint density at radius 1 is 1.47 bits per heavy atom. The maximum atomic E-state index is 11.6. The van der Waals surface area contributed by atoms with E-state index >= 15 is 0 Å². The molecule has 0 spiro atoms. The number of carbonyl (C=O) groups excluding carboxylic acids is 1. The average Bonchev–Trinajstić information content (AvgIpc) is 2.57. The highest BCUT2D eigenvalue weighted by molar-refractivity contribution is 6.31. The molecule has 90 valence electrons. The summed E-state index contributed by atoms with van der Waals surface area (Å²) in [5, 5.41) is 18.7. The van der Waals surface area contributed by atoms with E-state index in [0.29, 0.717) is 5.02 Å². The molecule has 0 saturated carbocycles. The zero-order chi connectivity index (χ0) is 12.6. The van der Waals surface area contributed by atoms with Crippen LogP contribution in [0, 0.1) is 0 Å². The standard InChI is InChI=1S/C11H10ClNO4/c12-6-1-2-9(8(3-6)11(16)17)13-5-7(14)4-10(13)15/h1-3,7,14H,4-5H2,(H,16,17). The van der Waals surface area contributed by atoms with Crippen LogP contribution in [-0.4, -0.2) is 34.7 Å². The van der Waals surface area contributed by atoms with Crippen molar-refractivity contribution in [2.75, 3.05) is 11.4 Å². The summed E-state index contributed by atoms with van der Waals surface area (Å²) in [7, 11) is 0. The number of carbonyl (C=O) groups is 2. The second-order valence-corrected chi connectivity index (χ2v) is 4.27. The molecule has 1 aromatic carbocycles. The van der Waals surface area contributed by atoms with Gasteiger partial charge in [-0.3, -0.25) is 4.79 Å². The number of β-amino-alcohol motifs (C(OH)–C–C–N with tert-alkyl or cyclic N) is 1. The number of halogens is 1. The quantitative estimate of drug-likeness (QED) is 0.831. The first-order valence-corrected chi connectivity index (χ1v) is 5.38. The number of benzene rings is 1. The fourth-order valence-electron chi connectivity index (χ4n) is 1.84. The van der Waals surface area contributed by atoms with E-state index in [1.165, 1.54) is 23.1 Å². The predicted molar refractivity (Wildman–Crippen MR) is 61.4 cm³/mol. The van der Waals surface area contributed by atoms with Gasteiger partial charge in [-0.2, -0.15) is 0 Å². The first-order chi connectivity index (χ1) is 7.99. The molecule has 1 unspecified atom stereocenters. The van der Waals surface area contributed by atoms with Crippen LogP contribution >= 0.6 is 11.6 Å². The summed E-state index contributed by atoms with van der Waals surface area (Å²) >= 11 is 5.72. The number of aliphatic hydroxyl groups is 1. The minimum Gasteiger partial charge on any atom is -0.478 e. The van der Waals surface area contributed by atoms with E-state index in [2.05, 4.69) is 0 Å². The van der Waals surface area contributed by atoms with Crippen LogP contribution in [0.4, 0.5) is 5.69 Å². The highest BCUT2D eigenvalue weighted by atomic mass is 35.5. The number of amides is 1. The Labute approximate surface area is 102 Å². The Hall–Kier alpha value is -1.59. The molecule has 5 nitrogen and oxygen atoms in total. The van der Waals surface area contributed by atoms with Crippen LogP contribution in [0.2, 0.25) is 5.02 Å². The summed E-state index contributed by atoms with van der Waals surface area (Å²) in [4.78, 5) is 23.9. The molecule has 6 heteroatoms. The van der Waals surface area contributed by atoms with Gasteiger partial charge < -0.3 is 15.1 Å². The number of rotatable bonds is 2. The first kappa shape index (κ1) is 11.9. The van der Waals surface area contributed by atoms with Crippen molar-refractivity contribution in [3.05, 3.63) is 28.8 Å². The van der Waals surface area contributed by atoms with E-state index in [0.717, 1.165) is 0 Å². The summed E-state index contributed by atoms with van der Waals surface area (Å²) < 4.78 is 0. The van der Waals surface area contributed by atoms with Gasteiger partial charge in [0.2, 0.25) is 5.91 Å². The number of hydrogen-bond acceptors (Lipinski definition) is 3. The highest BCUT2D eigenvalue weighted by Gasteiger charge is 2.31. The third kappa shape index (κ3) is 2.25. The minimum absolute atomic E-state index is 0.0156. The van der Waals surface area contributed by atoms with Crippen LogP contribution in [0.25, 0.3) is 0 Å². The zero-order valence-electron chi connectivity index (χ0n) is 8.76. The molecule has 0 bridgehead atoms. The minimum atomic E-state index is -1.16. The maximum absolute atomic E-state index is 11.6. The second kappa shape index (κ2) is 4.35. The highest BCUT2D eigenvalue weighted by Crippen LogP contribution is 2.28. The average molecular weight is 256 g/mol. The van der Waals surface area contributed by atoms with Gasteiger partial charge in [-0.05, 0) is 18.2 Å². The van der Waals surface area contributed by atoms with Crippen LogP contribution in [0.15, 0.2) is 18.2 Å². The van der Waals surface area contributed by atoms with E-state index in [1.807, 2.05) is 0 Å². The predicted octanol–water partition coefficient (Wildman–Crippen LogP) is 1.14. The van der Waals surface area contributed by atoms with E-state index in [9.17, 15) is 14.7 Å². The first-order valence-electron chi connectivity index (χ1n) is 5.00. The molecule has 2 N–H and O–H groups in total. The topological polar surface area (TPSA) is 77.8 Å². The van der Waals surface area contributed by atoms with Crippen LogP contribution in [0.1, 0.15) is 16.8 Å². The van der Waals surface area contributed by atoms with Crippen LogP contribution < -0.4 is 4.90 Å². The molecule has 1 aliphatic rings. The van der Waals surface area contributed by atoms with Crippen molar-refractivity contribution in [3.8, 4) is 0 Å². The van der Waals surface area contributed by atoms with Crippen molar-refractivity contribution in [1.29, 1.82) is 0 Å². The Kier molecular flexibility index (Phi) is 3.04. The molecular weight excluding hydrogens is 246 g/mol. The van der Waals surface area contributed by atoms with Gasteiger partial charge in [-0.1, -0.05) is 11.6 Å². The van der Waals surface area contributed by atoms with Crippen LogP contribution in [0.5, 0.6) is 0 Å². The summed E-state index contributed by atoms with van der Waals surface area (Å²) in [5.41, 5.74) is 0.225. The smallest absolute Gasteiger partial charge is 0.337 e.